The summed E-state index contributed by atoms with van der Waals surface area (Å²) in [6, 6.07) is 7.51. The van der Waals surface area contributed by atoms with Crippen molar-refractivity contribution in [2.24, 2.45) is 0 Å². The number of rotatable bonds is 7. The molecular formula is C15H17ClN2O2S. The molecule has 1 aromatic heterocycles. The number of halogens is 1. The Labute approximate surface area is 133 Å². The number of aliphatic hydroxyl groups is 1. The van der Waals surface area contributed by atoms with Gasteiger partial charge in [-0.05, 0) is 24.1 Å². The lowest BCUT2D eigenvalue weighted by molar-refractivity contribution is 0.0398. The van der Waals surface area contributed by atoms with Crippen LogP contribution >= 0.6 is 23.4 Å². The summed E-state index contributed by atoms with van der Waals surface area (Å²) in [5, 5.41) is 11.2. The second-order valence-electron chi connectivity index (χ2n) is 4.61. The fraction of sp³-hybridized carbons (Fsp3) is 0.333. The normalized spacial score (nSPS) is 12.3. The smallest absolute Gasteiger partial charge is 0.187 e. The van der Waals surface area contributed by atoms with Gasteiger partial charge in [0.1, 0.15) is 0 Å². The van der Waals surface area contributed by atoms with Gasteiger partial charge in [0.2, 0.25) is 0 Å². The van der Waals surface area contributed by atoms with Crippen molar-refractivity contribution in [3.05, 3.63) is 52.8 Å². The van der Waals surface area contributed by atoms with Gasteiger partial charge in [0.05, 0.1) is 19.3 Å². The van der Waals surface area contributed by atoms with Crippen molar-refractivity contribution in [3.63, 3.8) is 0 Å². The summed E-state index contributed by atoms with van der Waals surface area (Å²) in [4.78, 5) is 8.34. The molecule has 112 valence electrons. The first-order chi connectivity index (χ1) is 10.1. The average Bonchev–Trinajstić information content (AvgIpc) is 2.49. The van der Waals surface area contributed by atoms with E-state index in [2.05, 4.69) is 9.97 Å². The van der Waals surface area contributed by atoms with Crippen LogP contribution in [0.3, 0.4) is 0 Å². The number of aliphatic hydroxyl groups excluding tert-OH is 1. The van der Waals surface area contributed by atoms with Crippen LogP contribution in [0.1, 0.15) is 11.1 Å². The molecule has 1 heterocycles. The second kappa shape index (κ2) is 8.34. The molecule has 0 saturated heterocycles. The Kier molecular flexibility index (Phi) is 6.45. The highest BCUT2D eigenvalue weighted by molar-refractivity contribution is 7.99. The van der Waals surface area contributed by atoms with Crippen molar-refractivity contribution in [2.75, 3.05) is 12.4 Å². The van der Waals surface area contributed by atoms with Crippen molar-refractivity contribution >= 4 is 23.4 Å². The van der Waals surface area contributed by atoms with E-state index in [0.717, 1.165) is 11.1 Å². The van der Waals surface area contributed by atoms with Crippen LogP contribution in [0, 0.1) is 6.92 Å². The van der Waals surface area contributed by atoms with Gasteiger partial charge in [0.25, 0.3) is 0 Å². The molecule has 0 aliphatic heterocycles. The zero-order valence-corrected chi connectivity index (χ0v) is 13.3. The summed E-state index contributed by atoms with van der Waals surface area (Å²) in [5.74, 6) is 0.492. The Balaban J connectivity index is 1.69. The highest BCUT2D eigenvalue weighted by Crippen LogP contribution is 2.17. The topological polar surface area (TPSA) is 55.2 Å². The molecule has 0 fully saturated rings. The van der Waals surface area contributed by atoms with Gasteiger partial charge >= 0.3 is 0 Å². The highest BCUT2D eigenvalue weighted by atomic mass is 35.5. The van der Waals surface area contributed by atoms with E-state index in [1.807, 2.05) is 31.2 Å². The Morgan fingerprint density at radius 2 is 2.00 bits per heavy atom. The first-order valence-corrected chi connectivity index (χ1v) is 7.92. The van der Waals surface area contributed by atoms with Gasteiger partial charge in [-0.1, -0.05) is 41.6 Å². The zero-order valence-electron chi connectivity index (χ0n) is 11.7. The quantitative estimate of drug-likeness (QED) is 0.626. The molecule has 0 spiro atoms. The summed E-state index contributed by atoms with van der Waals surface area (Å²) in [6.07, 6.45) is 2.95. The van der Waals surface area contributed by atoms with Crippen LogP contribution in [-0.2, 0) is 11.3 Å². The van der Waals surface area contributed by atoms with Crippen LogP contribution < -0.4 is 0 Å². The summed E-state index contributed by atoms with van der Waals surface area (Å²) in [7, 11) is 0. The number of hydrogen-bond donors (Lipinski definition) is 1. The van der Waals surface area contributed by atoms with Crippen molar-refractivity contribution in [2.45, 2.75) is 24.8 Å². The number of thioether (sulfide) groups is 1. The molecule has 21 heavy (non-hydrogen) atoms. The van der Waals surface area contributed by atoms with Crippen LogP contribution in [-0.4, -0.2) is 33.5 Å². The Bertz CT molecular complexity index is 566. The average molecular weight is 325 g/mol. The minimum Gasteiger partial charge on any atom is -0.390 e. The first-order valence-electron chi connectivity index (χ1n) is 6.56. The summed E-state index contributed by atoms with van der Waals surface area (Å²) in [6.45, 7) is 2.58. The van der Waals surface area contributed by atoms with Crippen molar-refractivity contribution in [3.8, 4) is 0 Å². The van der Waals surface area contributed by atoms with E-state index < -0.39 is 6.10 Å². The molecule has 4 nitrogen and oxygen atoms in total. The summed E-state index contributed by atoms with van der Waals surface area (Å²) in [5.41, 5.74) is 1.93. The third-order valence-electron chi connectivity index (χ3n) is 2.69. The molecule has 6 heteroatoms. The molecule has 0 aliphatic carbocycles. The minimum absolute atomic E-state index is 0.254. The first kappa shape index (κ1) is 16.2. The molecule has 0 aliphatic rings. The molecule has 1 N–H and O–H groups in total. The highest BCUT2D eigenvalue weighted by Gasteiger charge is 2.08. The van der Waals surface area contributed by atoms with Crippen molar-refractivity contribution in [1.29, 1.82) is 0 Å². The third-order valence-corrected chi connectivity index (χ3v) is 4.08. The number of ether oxygens (including phenoxy) is 1. The van der Waals surface area contributed by atoms with Gasteiger partial charge in [-0.15, -0.1) is 0 Å². The van der Waals surface area contributed by atoms with Crippen LogP contribution in [0.25, 0.3) is 0 Å². The fourth-order valence-corrected chi connectivity index (χ4v) is 2.48. The molecule has 1 aromatic carbocycles. The molecule has 0 amide bonds. The van der Waals surface area contributed by atoms with E-state index in [0.29, 0.717) is 22.5 Å². The Morgan fingerprint density at radius 3 is 2.71 bits per heavy atom. The van der Waals surface area contributed by atoms with Crippen molar-refractivity contribution in [1.82, 2.24) is 9.97 Å². The molecule has 1 unspecified atom stereocenters. The van der Waals surface area contributed by atoms with Crippen LogP contribution in [0.4, 0.5) is 0 Å². The van der Waals surface area contributed by atoms with Crippen LogP contribution in [0.5, 0.6) is 0 Å². The lowest BCUT2D eigenvalue weighted by Gasteiger charge is -2.11. The Hall–Kier alpha value is -1.14. The van der Waals surface area contributed by atoms with E-state index >= 15 is 0 Å². The largest absolute Gasteiger partial charge is 0.390 e. The number of aromatic nitrogens is 2. The number of benzene rings is 1. The molecule has 0 saturated carbocycles. The predicted octanol–water partition coefficient (Wildman–Crippen LogP) is 3.11. The molecular weight excluding hydrogens is 308 g/mol. The maximum absolute atomic E-state index is 9.88. The monoisotopic (exact) mass is 324 g/mol. The summed E-state index contributed by atoms with van der Waals surface area (Å²) >= 11 is 7.44. The van der Waals surface area contributed by atoms with Gasteiger partial charge < -0.3 is 9.84 Å². The summed E-state index contributed by atoms with van der Waals surface area (Å²) < 4.78 is 5.48. The fourth-order valence-electron chi connectivity index (χ4n) is 1.59. The molecule has 0 radical (unpaired) electrons. The van der Waals surface area contributed by atoms with E-state index in [-0.39, 0.29) is 6.61 Å². The molecule has 2 aromatic rings. The number of aryl methyl sites for hydroxylation is 1. The lowest BCUT2D eigenvalue weighted by atomic mass is 10.2. The van der Waals surface area contributed by atoms with Gasteiger partial charge in [-0.3, -0.25) is 0 Å². The molecule has 1 atom stereocenters. The van der Waals surface area contributed by atoms with Gasteiger partial charge in [0, 0.05) is 23.2 Å². The molecule has 0 bridgehead atoms. The SMILES string of the molecule is Cc1cnc(SCC(O)COCc2ccccc2Cl)nc1. The van der Waals surface area contributed by atoms with Gasteiger partial charge in [-0.2, -0.15) is 0 Å². The predicted molar refractivity (Wildman–Crippen MR) is 84.6 cm³/mol. The van der Waals surface area contributed by atoms with Gasteiger partial charge in [0.15, 0.2) is 5.16 Å². The van der Waals surface area contributed by atoms with E-state index in [1.165, 1.54) is 11.8 Å². The Morgan fingerprint density at radius 1 is 1.29 bits per heavy atom. The molecule has 2 rings (SSSR count). The van der Waals surface area contributed by atoms with E-state index in [1.54, 1.807) is 12.4 Å². The number of nitrogens with zero attached hydrogens (tertiary/aromatic N) is 2. The van der Waals surface area contributed by atoms with Crippen molar-refractivity contribution < 1.29 is 9.84 Å². The maximum Gasteiger partial charge on any atom is 0.187 e. The van der Waals surface area contributed by atoms with Crippen LogP contribution in [0.2, 0.25) is 5.02 Å². The number of hydrogen-bond acceptors (Lipinski definition) is 5. The minimum atomic E-state index is -0.567. The maximum atomic E-state index is 9.88. The zero-order chi connectivity index (χ0) is 15.1. The lowest BCUT2D eigenvalue weighted by Crippen LogP contribution is -2.18. The standard InChI is InChI=1S/C15H17ClN2O2S/c1-11-6-17-15(18-7-11)21-10-13(19)9-20-8-12-4-2-3-5-14(12)16/h2-7,13,19H,8-10H2,1H3. The second-order valence-corrected chi connectivity index (χ2v) is 6.01. The van der Waals surface area contributed by atoms with Gasteiger partial charge in [-0.25, -0.2) is 9.97 Å². The van der Waals surface area contributed by atoms with Crippen LogP contribution in [0.15, 0.2) is 41.8 Å². The van der Waals surface area contributed by atoms with E-state index in [9.17, 15) is 5.11 Å². The third kappa shape index (κ3) is 5.63. The van der Waals surface area contributed by atoms with E-state index in [4.69, 9.17) is 16.3 Å².